The molecule has 6 aliphatic rings. The number of hydrogen-bond donors (Lipinski definition) is 3. The smallest absolute Gasteiger partial charge is 0.340 e. The van der Waals surface area contributed by atoms with Crippen LogP contribution in [0.4, 0.5) is 5.69 Å². The molecule has 1 amide bonds. The lowest BCUT2D eigenvalue weighted by molar-refractivity contribution is -0.337. The van der Waals surface area contributed by atoms with Crippen LogP contribution in [0.15, 0.2) is 48.5 Å². The summed E-state index contributed by atoms with van der Waals surface area (Å²) in [5.41, 5.74) is -3.31. The van der Waals surface area contributed by atoms with Gasteiger partial charge in [0.15, 0.2) is 0 Å². The van der Waals surface area contributed by atoms with Gasteiger partial charge in [-0.1, -0.05) is 25.1 Å². The number of para-hydroxylation sites is 1. The van der Waals surface area contributed by atoms with Gasteiger partial charge in [0, 0.05) is 75.0 Å². The van der Waals surface area contributed by atoms with Crippen LogP contribution >= 0.6 is 0 Å². The van der Waals surface area contributed by atoms with E-state index in [2.05, 4.69) is 23.2 Å². The number of fused-ring (bicyclic) bond motifs is 2. The molecule has 8 rings (SSSR count). The van der Waals surface area contributed by atoms with Gasteiger partial charge in [0.2, 0.25) is 0 Å². The summed E-state index contributed by atoms with van der Waals surface area (Å²) in [6.07, 6.45) is 1.61. The summed E-state index contributed by atoms with van der Waals surface area (Å²) in [5.74, 6) is -1.96. The summed E-state index contributed by atoms with van der Waals surface area (Å²) in [6.45, 7) is 3.27. The molecule has 1 spiro atoms. The number of methoxy groups -OCH3 is 3. The molecule has 260 valence electrons. The van der Waals surface area contributed by atoms with E-state index >= 15 is 0 Å². The van der Waals surface area contributed by atoms with E-state index in [0.29, 0.717) is 62.0 Å². The van der Waals surface area contributed by atoms with Crippen LogP contribution in [0.2, 0.25) is 0 Å². The van der Waals surface area contributed by atoms with Crippen molar-refractivity contribution in [3.05, 3.63) is 65.2 Å². The molecule has 0 aromatic heterocycles. The van der Waals surface area contributed by atoms with Gasteiger partial charge in [-0.3, -0.25) is 9.69 Å². The van der Waals surface area contributed by atoms with Gasteiger partial charge in [0.05, 0.1) is 41.2 Å². The van der Waals surface area contributed by atoms with Gasteiger partial charge in [-0.15, -0.1) is 0 Å². The van der Waals surface area contributed by atoms with Crippen molar-refractivity contribution in [2.24, 2.45) is 29.1 Å². The van der Waals surface area contributed by atoms with Crippen molar-refractivity contribution < 1.29 is 38.7 Å². The Kier molecular flexibility index (Phi) is 7.58. The number of anilines is 1. The van der Waals surface area contributed by atoms with Gasteiger partial charge in [-0.2, -0.15) is 5.26 Å². The Morgan fingerprint density at radius 2 is 1.84 bits per heavy atom. The van der Waals surface area contributed by atoms with Gasteiger partial charge in [-0.25, -0.2) is 4.79 Å². The zero-order valence-electron chi connectivity index (χ0n) is 28.4. The third-order valence-corrected chi connectivity index (χ3v) is 13.8. The minimum absolute atomic E-state index is 0.0857. The first-order chi connectivity index (χ1) is 23.6. The maximum atomic E-state index is 14.4. The molecule has 3 N–H and O–H groups in total. The third-order valence-electron chi connectivity index (χ3n) is 13.8. The number of ether oxygens (including phenoxy) is 4. The summed E-state index contributed by atoms with van der Waals surface area (Å²) in [4.78, 5) is 30.1. The second-order valence-electron chi connectivity index (χ2n) is 15.1. The van der Waals surface area contributed by atoms with Gasteiger partial charge < -0.3 is 34.5 Å². The molecule has 11 nitrogen and oxygen atoms in total. The predicted octanol–water partition coefficient (Wildman–Crippen LogP) is 3.39. The maximum Gasteiger partial charge on any atom is 0.340 e. The lowest BCUT2D eigenvalue weighted by atomic mass is 9.44. The third kappa shape index (κ3) is 4.04. The molecule has 1 unspecified atom stereocenters. The number of hydrogen-bond acceptors (Lipinski definition) is 10. The quantitative estimate of drug-likeness (QED) is 0.357. The summed E-state index contributed by atoms with van der Waals surface area (Å²) >= 11 is 0. The molecule has 1 saturated heterocycles. The van der Waals surface area contributed by atoms with Crippen LogP contribution < -0.4 is 5.32 Å². The molecule has 6 fully saturated rings. The highest BCUT2D eigenvalue weighted by Gasteiger charge is 2.89. The largest absolute Gasteiger partial charge is 0.454 e. The fourth-order valence-electron chi connectivity index (χ4n) is 12.3. The Morgan fingerprint density at radius 1 is 1.04 bits per heavy atom. The fourth-order valence-corrected chi connectivity index (χ4v) is 12.3. The van der Waals surface area contributed by atoms with Gasteiger partial charge >= 0.3 is 5.97 Å². The lowest BCUT2D eigenvalue weighted by Gasteiger charge is -2.70. The van der Waals surface area contributed by atoms with E-state index in [1.54, 1.807) is 63.8 Å². The van der Waals surface area contributed by atoms with Crippen molar-refractivity contribution in [3.8, 4) is 6.07 Å². The van der Waals surface area contributed by atoms with E-state index in [9.17, 15) is 25.1 Å². The van der Waals surface area contributed by atoms with E-state index < -0.39 is 40.2 Å². The molecule has 12 atom stereocenters. The Bertz CT molecular complexity index is 1730. The SMILES string of the molecule is CCN1C[C@]2(OC(=O)c3ccccc3NC(=O)c3cccc(C#N)c3)CC[C@H](OC)[C@]34C1[C@H](C[C@H]23)[C@@]1(O)C[C@H](OC)[C@H]2C[C@@H]4[C@]1(O)[C@H]2OC. The van der Waals surface area contributed by atoms with Crippen LogP contribution in [0.25, 0.3) is 0 Å². The molecule has 2 aromatic rings. The summed E-state index contributed by atoms with van der Waals surface area (Å²) < 4.78 is 25.2. The van der Waals surface area contributed by atoms with Crippen LogP contribution in [-0.2, 0) is 18.9 Å². The number of carbonyl (C=O) groups is 2. The number of benzene rings is 2. The Morgan fingerprint density at radius 3 is 2.55 bits per heavy atom. The molecule has 0 radical (unpaired) electrons. The molecule has 11 heteroatoms. The van der Waals surface area contributed by atoms with Crippen molar-refractivity contribution in [1.29, 1.82) is 5.26 Å². The fraction of sp³-hybridized carbons (Fsp3) is 0.605. The summed E-state index contributed by atoms with van der Waals surface area (Å²) in [6, 6.07) is 15.2. The minimum atomic E-state index is -1.52. The predicted molar refractivity (Wildman–Crippen MR) is 177 cm³/mol. The molecule has 1 heterocycles. The Labute approximate surface area is 286 Å². The average molecular weight is 672 g/mol. The zero-order valence-corrected chi connectivity index (χ0v) is 28.4. The molecule has 2 aromatic carbocycles. The second kappa shape index (κ2) is 11.3. The van der Waals surface area contributed by atoms with Crippen molar-refractivity contribution in [2.75, 3.05) is 39.7 Å². The second-order valence-corrected chi connectivity index (χ2v) is 15.1. The Balaban J connectivity index is 1.19. The van der Waals surface area contributed by atoms with E-state index in [4.69, 9.17) is 18.9 Å². The van der Waals surface area contributed by atoms with Crippen LogP contribution in [-0.4, -0.2) is 103 Å². The number of amides is 1. The molecular formula is C38H45N3O8. The van der Waals surface area contributed by atoms with Crippen molar-refractivity contribution >= 4 is 17.6 Å². The van der Waals surface area contributed by atoms with Crippen LogP contribution in [0.5, 0.6) is 0 Å². The minimum Gasteiger partial charge on any atom is -0.454 e. The number of esters is 1. The van der Waals surface area contributed by atoms with Crippen LogP contribution in [0.1, 0.15) is 65.3 Å². The highest BCUT2D eigenvalue weighted by atomic mass is 16.6. The number of nitriles is 1. The number of piperidine rings is 1. The van der Waals surface area contributed by atoms with Gasteiger partial charge in [0.25, 0.3) is 5.91 Å². The number of nitrogens with one attached hydrogen (secondary N) is 1. The van der Waals surface area contributed by atoms with E-state index in [1.165, 1.54) is 6.07 Å². The normalized spacial score (nSPS) is 42.7. The summed E-state index contributed by atoms with van der Waals surface area (Å²) in [7, 11) is 5.02. The highest BCUT2D eigenvalue weighted by Crippen LogP contribution is 2.79. The topological polar surface area (TPSA) is 151 Å². The monoisotopic (exact) mass is 671 g/mol. The van der Waals surface area contributed by atoms with Crippen LogP contribution in [0.3, 0.4) is 0 Å². The standard InChI is InChI=1S/C38H45N3O8/c1-5-41-20-35(49-34(43)23-11-6-7-12-26(23)40-33(42)22-10-8-9-21(15-22)19-39)14-13-30(47-3)37-28(35)17-25(31(37)41)36(44)18-27(46-2)24-16-29(37)38(36,45)32(24)48-4/h6-12,15,24-25,27-32,44-45H,5,13-14,16-18,20H2,1-4H3,(H,40,42)/t24-,25+,27+,28-,29+,30+,31?,32+,35-,36+,37+,38+/m1/s1. The maximum absolute atomic E-state index is 14.4. The van der Waals surface area contributed by atoms with E-state index in [-0.39, 0.29) is 47.5 Å². The lowest BCUT2D eigenvalue weighted by Crippen LogP contribution is -2.83. The number of likely N-dealkylation sites (tertiary alicyclic amines) is 1. The number of nitrogens with zero attached hydrogens (tertiary/aromatic N) is 2. The summed E-state index contributed by atoms with van der Waals surface area (Å²) in [5, 5.41) is 38.1. The van der Waals surface area contributed by atoms with Crippen molar-refractivity contribution in [1.82, 2.24) is 4.90 Å². The number of likely N-dealkylation sites (N-methyl/N-ethyl adjacent to an activating group) is 1. The van der Waals surface area contributed by atoms with Crippen molar-refractivity contribution in [3.63, 3.8) is 0 Å². The molecule has 5 aliphatic carbocycles. The zero-order chi connectivity index (χ0) is 34.5. The molecule has 7 bridgehead atoms. The van der Waals surface area contributed by atoms with Crippen LogP contribution in [0, 0.1) is 40.4 Å². The number of rotatable bonds is 8. The average Bonchev–Trinajstić information content (AvgIpc) is 3.54. The van der Waals surface area contributed by atoms with E-state index in [0.717, 1.165) is 0 Å². The number of carbonyl (C=O) groups excluding carboxylic acids is 2. The molecule has 5 saturated carbocycles. The highest BCUT2D eigenvalue weighted by molar-refractivity contribution is 6.08. The molecule has 1 aliphatic heterocycles. The van der Waals surface area contributed by atoms with Gasteiger partial charge in [-0.05, 0) is 62.6 Å². The first kappa shape index (κ1) is 32.8. The first-order valence-corrected chi connectivity index (χ1v) is 17.5. The Hall–Kier alpha value is -3.37. The number of aliphatic hydroxyl groups is 2. The molecule has 49 heavy (non-hydrogen) atoms. The molecular weight excluding hydrogens is 626 g/mol. The van der Waals surface area contributed by atoms with E-state index in [1.807, 2.05) is 0 Å². The van der Waals surface area contributed by atoms with Gasteiger partial charge in [0.1, 0.15) is 16.8 Å². The first-order valence-electron chi connectivity index (χ1n) is 17.5. The van der Waals surface area contributed by atoms with Crippen molar-refractivity contribution in [2.45, 2.75) is 80.2 Å².